The summed E-state index contributed by atoms with van der Waals surface area (Å²) in [6.07, 6.45) is 42.9. The van der Waals surface area contributed by atoms with Crippen molar-refractivity contribution in [3.63, 3.8) is 0 Å². The normalized spacial score (nSPS) is 14.9. The van der Waals surface area contributed by atoms with E-state index in [0.717, 1.165) is 38.5 Å². The van der Waals surface area contributed by atoms with E-state index in [1.54, 1.807) is 0 Å². The van der Waals surface area contributed by atoms with Gasteiger partial charge in [-0.15, -0.1) is 0 Å². The standard InChI is InChI=1S/C48H102N3O4P/c1-10-13-16-19-22-25-28-31-34-37-40-46(49(4)5)43-53-56(52,54-44-47(50(6)7)41-38-35-32-29-26-23-20-17-14-11-2)55-45-48(51(8)9)42-39-36-33-30-27-24-21-18-15-12-3/h46-48H,10-45H2,1-9H3. The number of phosphoric ester groups is 1. The van der Waals surface area contributed by atoms with Gasteiger partial charge in [0.05, 0.1) is 19.8 Å². The van der Waals surface area contributed by atoms with Gasteiger partial charge in [0.1, 0.15) is 0 Å². The van der Waals surface area contributed by atoms with E-state index < -0.39 is 7.82 Å². The van der Waals surface area contributed by atoms with Crippen LogP contribution in [0, 0.1) is 0 Å². The summed E-state index contributed by atoms with van der Waals surface area (Å²) in [5, 5.41) is 0. The van der Waals surface area contributed by atoms with E-state index in [9.17, 15) is 4.57 Å². The molecule has 56 heavy (non-hydrogen) atoms. The second-order valence-corrected chi connectivity index (χ2v) is 19.8. The molecular weight excluding hydrogens is 714 g/mol. The number of phosphoric acid groups is 1. The highest BCUT2D eigenvalue weighted by Crippen LogP contribution is 2.50. The fraction of sp³-hybridized carbons (Fsp3) is 1.00. The molecule has 3 atom stereocenters. The van der Waals surface area contributed by atoms with Crippen molar-refractivity contribution in [1.82, 2.24) is 14.7 Å². The zero-order valence-electron chi connectivity index (χ0n) is 39.6. The van der Waals surface area contributed by atoms with Crippen LogP contribution in [0.2, 0.25) is 0 Å². The maximum Gasteiger partial charge on any atom is 0.474 e. The minimum atomic E-state index is -3.78. The van der Waals surface area contributed by atoms with Crippen molar-refractivity contribution in [3.05, 3.63) is 0 Å². The lowest BCUT2D eigenvalue weighted by molar-refractivity contribution is 0.0563. The van der Waals surface area contributed by atoms with E-state index >= 15 is 0 Å². The number of unbranched alkanes of at least 4 members (excludes halogenated alkanes) is 27. The Morgan fingerprint density at radius 2 is 0.500 bits per heavy atom. The second-order valence-electron chi connectivity index (χ2n) is 18.1. The number of nitrogens with zero attached hydrogens (tertiary/aromatic N) is 3. The van der Waals surface area contributed by atoms with E-state index in [4.69, 9.17) is 13.6 Å². The second kappa shape index (κ2) is 40.4. The minimum absolute atomic E-state index is 0.178. The zero-order chi connectivity index (χ0) is 41.5. The summed E-state index contributed by atoms with van der Waals surface area (Å²) >= 11 is 0. The van der Waals surface area contributed by atoms with Crippen molar-refractivity contribution < 1.29 is 18.1 Å². The Labute approximate surface area is 352 Å². The van der Waals surface area contributed by atoms with Gasteiger partial charge in [0.25, 0.3) is 0 Å². The predicted octanol–water partition coefficient (Wildman–Crippen LogP) is 14.9. The van der Waals surface area contributed by atoms with E-state index in [2.05, 4.69) is 77.8 Å². The van der Waals surface area contributed by atoms with Crippen LogP contribution in [0.3, 0.4) is 0 Å². The van der Waals surface area contributed by atoms with E-state index in [0.29, 0.717) is 19.8 Å². The topological polar surface area (TPSA) is 54.5 Å². The summed E-state index contributed by atoms with van der Waals surface area (Å²) in [5.41, 5.74) is 0. The first kappa shape index (κ1) is 56.0. The quantitative estimate of drug-likeness (QED) is 0.0448. The molecule has 0 aliphatic rings. The Morgan fingerprint density at radius 3 is 0.679 bits per heavy atom. The molecule has 3 unspecified atom stereocenters. The highest BCUT2D eigenvalue weighted by Gasteiger charge is 2.32. The average molecular weight is 816 g/mol. The fourth-order valence-electron chi connectivity index (χ4n) is 7.72. The monoisotopic (exact) mass is 816 g/mol. The Balaban J connectivity index is 5.17. The van der Waals surface area contributed by atoms with Gasteiger partial charge in [0, 0.05) is 18.1 Å². The summed E-state index contributed by atoms with van der Waals surface area (Å²) in [4.78, 5) is 6.67. The van der Waals surface area contributed by atoms with Gasteiger partial charge in [-0.2, -0.15) is 0 Å². The first-order valence-corrected chi connectivity index (χ1v) is 26.1. The van der Waals surface area contributed by atoms with Crippen LogP contribution < -0.4 is 0 Å². The molecule has 0 saturated heterocycles. The molecule has 0 aliphatic heterocycles. The number of hydrogen-bond donors (Lipinski definition) is 0. The molecule has 0 rings (SSSR count). The fourth-order valence-corrected chi connectivity index (χ4v) is 9.01. The molecular formula is C48H102N3O4P. The maximum atomic E-state index is 14.5. The maximum absolute atomic E-state index is 14.5. The van der Waals surface area contributed by atoms with E-state index in [-0.39, 0.29) is 18.1 Å². The lowest BCUT2D eigenvalue weighted by atomic mass is 10.0. The van der Waals surface area contributed by atoms with E-state index in [1.165, 1.54) is 173 Å². The molecule has 0 bridgehead atoms. The third kappa shape index (κ3) is 34.8. The Morgan fingerprint density at radius 1 is 0.321 bits per heavy atom. The molecule has 0 aromatic rings. The highest BCUT2D eigenvalue weighted by molar-refractivity contribution is 7.48. The zero-order valence-corrected chi connectivity index (χ0v) is 40.5. The molecule has 0 N–H and O–H groups in total. The summed E-state index contributed by atoms with van der Waals surface area (Å²) < 4.78 is 33.4. The smallest absolute Gasteiger partial charge is 0.304 e. The minimum Gasteiger partial charge on any atom is -0.304 e. The van der Waals surface area contributed by atoms with Gasteiger partial charge in [-0.1, -0.05) is 213 Å². The molecule has 0 aromatic heterocycles. The molecule has 0 radical (unpaired) electrons. The molecule has 0 heterocycles. The van der Waals surface area contributed by atoms with Crippen LogP contribution in [-0.4, -0.2) is 94.9 Å². The van der Waals surface area contributed by atoms with Gasteiger partial charge in [0.15, 0.2) is 0 Å². The molecule has 7 nitrogen and oxygen atoms in total. The van der Waals surface area contributed by atoms with Crippen LogP contribution in [0.4, 0.5) is 0 Å². The van der Waals surface area contributed by atoms with Gasteiger partial charge in [0.2, 0.25) is 0 Å². The Hall–Kier alpha value is -0.0100. The Kier molecular flexibility index (Phi) is 40.4. The van der Waals surface area contributed by atoms with Crippen LogP contribution >= 0.6 is 7.82 Å². The molecule has 0 saturated carbocycles. The van der Waals surface area contributed by atoms with Crippen molar-refractivity contribution in [2.45, 2.75) is 251 Å². The molecule has 0 spiro atoms. The highest BCUT2D eigenvalue weighted by atomic mass is 31.2. The average Bonchev–Trinajstić information content (AvgIpc) is 3.16. The molecule has 0 aliphatic carbocycles. The van der Waals surface area contributed by atoms with E-state index in [1.807, 2.05) is 0 Å². The van der Waals surface area contributed by atoms with Crippen LogP contribution in [-0.2, 0) is 18.1 Å². The van der Waals surface area contributed by atoms with Crippen LogP contribution in [0.5, 0.6) is 0 Å². The largest absolute Gasteiger partial charge is 0.474 e. The van der Waals surface area contributed by atoms with Crippen LogP contribution in [0.1, 0.15) is 233 Å². The number of rotatable bonds is 45. The van der Waals surface area contributed by atoms with Gasteiger partial charge < -0.3 is 14.7 Å². The first-order chi connectivity index (χ1) is 27.1. The van der Waals surface area contributed by atoms with Gasteiger partial charge in [-0.3, -0.25) is 13.6 Å². The van der Waals surface area contributed by atoms with Crippen molar-refractivity contribution in [1.29, 1.82) is 0 Å². The third-order valence-corrected chi connectivity index (χ3v) is 13.5. The van der Waals surface area contributed by atoms with Gasteiger partial charge in [-0.05, 0) is 61.5 Å². The summed E-state index contributed by atoms with van der Waals surface area (Å²) in [7, 11) is 8.89. The van der Waals surface area contributed by atoms with Gasteiger partial charge in [-0.25, -0.2) is 4.57 Å². The number of hydrogen-bond acceptors (Lipinski definition) is 7. The lowest BCUT2D eigenvalue weighted by Crippen LogP contribution is -2.35. The lowest BCUT2D eigenvalue weighted by Gasteiger charge is -2.30. The van der Waals surface area contributed by atoms with Gasteiger partial charge >= 0.3 is 7.82 Å². The SMILES string of the molecule is CCCCCCCCCCCCC(COP(=O)(OCC(CCCCCCCCCCCC)N(C)C)OCC(CCCCCCCCCCCC)N(C)C)N(C)C. The first-order valence-electron chi connectivity index (χ1n) is 24.6. The molecule has 0 fully saturated rings. The summed E-state index contributed by atoms with van der Waals surface area (Å²) in [5.74, 6) is 0. The third-order valence-electron chi connectivity index (χ3n) is 12.1. The van der Waals surface area contributed by atoms with Crippen LogP contribution in [0.15, 0.2) is 0 Å². The predicted molar refractivity (Wildman–Crippen MR) is 247 cm³/mol. The van der Waals surface area contributed by atoms with Crippen LogP contribution in [0.25, 0.3) is 0 Å². The molecule has 0 aromatic carbocycles. The molecule has 8 heteroatoms. The molecule has 338 valence electrons. The number of likely N-dealkylation sites (N-methyl/N-ethyl adjacent to an activating group) is 3. The summed E-state index contributed by atoms with van der Waals surface area (Å²) in [6.45, 7) is 7.93. The Bertz CT molecular complexity index is 741. The molecule has 0 amide bonds. The van der Waals surface area contributed by atoms with Crippen molar-refractivity contribution in [2.24, 2.45) is 0 Å². The van der Waals surface area contributed by atoms with Crippen molar-refractivity contribution in [2.75, 3.05) is 62.1 Å². The summed E-state index contributed by atoms with van der Waals surface area (Å²) in [6, 6.07) is 0.534. The van der Waals surface area contributed by atoms with Crippen molar-refractivity contribution >= 4 is 7.82 Å². The van der Waals surface area contributed by atoms with Crippen molar-refractivity contribution in [3.8, 4) is 0 Å².